The molecule has 0 aliphatic heterocycles. The van der Waals surface area contributed by atoms with E-state index >= 15 is 0 Å². The van der Waals surface area contributed by atoms with Gasteiger partial charge in [0.25, 0.3) is 0 Å². The Balaban J connectivity index is 2.17. The molecule has 1 aromatic carbocycles. The number of nitriles is 1. The molecule has 3 aromatic heterocycles. The van der Waals surface area contributed by atoms with E-state index in [1.807, 2.05) is 37.5 Å². The van der Waals surface area contributed by atoms with Crippen LogP contribution in [0.4, 0.5) is 0 Å². The predicted octanol–water partition coefficient (Wildman–Crippen LogP) is 3.65. The molecule has 0 atom stereocenters. The Morgan fingerprint density at radius 1 is 1.13 bits per heavy atom. The van der Waals surface area contributed by atoms with E-state index in [-0.39, 0.29) is 0 Å². The van der Waals surface area contributed by atoms with Gasteiger partial charge in [-0.25, -0.2) is 9.55 Å². The number of aromatic nitrogens is 2. The molecule has 0 bridgehead atoms. The van der Waals surface area contributed by atoms with Crippen LogP contribution in [0.3, 0.4) is 0 Å². The second-order valence-electron chi connectivity index (χ2n) is 5.59. The van der Waals surface area contributed by atoms with Crippen molar-refractivity contribution in [1.82, 2.24) is 4.98 Å². The number of hydrogen-bond acceptors (Lipinski definition) is 3. The minimum Gasteiger partial charge on any atom is -0.438 e. The summed E-state index contributed by atoms with van der Waals surface area (Å²) < 4.78 is 7.98. The molecule has 0 N–H and O–H groups in total. The number of pyridine rings is 2. The van der Waals surface area contributed by atoms with Crippen molar-refractivity contribution in [3.05, 3.63) is 59.9 Å². The summed E-state index contributed by atoms with van der Waals surface area (Å²) in [6, 6.07) is 15.8. The average molecular weight is 300 g/mol. The third kappa shape index (κ3) is 1.98. The highest BCUT2D eigenvalue weighted by molar-refractivity contribution is 6.11. The van der Waals surface area contributed by atoms with Crippen LogP contribution in [0.15, 0.2) is 53.1 Å². The van der Waals surface area contributed by atoms with Gasteiger partial charge in [0.1, 0.15) is 24.4 Å². The lowest BCUT2D eigenvalue weighted by Crippen LogP contribution is -2.30. The number of rotatable bonds is 1. The van der Waals surface area contributed by atoms with Crippen molar-refractivity contribution < 1.29 is 8.98 Å². The molecule has 0 radical (unpaired) electrons. The van der Waals surface area contributed by atoms with Crippen LogP contribution >= 0.6 is 0 Å². The molecule has 3 heterocycles. The van der Waals surface area contributed by atoms with Gasteiger partial charge >= 0.3 is 0 Å². The van der Waals surface area contributed by atoms with Gasteiger partial charge in [0.05, 0.1) is 5.56 Å². The number of furan rings is 1. The number of fused-ring (bicyclic) bond motifs is 3. The largest absolute Gasteiger partial charge is 0.438 e. The summed E-state index contributed by atoms with van der Waals surface area (Å²) in [4.78, 5) is 4.28. The zero-order chi connectivity index (χ0) is 16.0. The van der Waals surface area contributed by atoms with Crippen molar-refractivity contribution in [1.29, 1.82) is 5.26 Å². The van der Waals surface area contributed by atoms with Gasteiger partial charge in [0.2, 0.25) is 11.4 Å². The zero-order valence-corrected chi connectivity index (χ0v) is 12.9. The minimum absolute atomic E-state index is 0.361. The summed E-state index contributed by atoms with van der Waals surface area (Å²) in [7, 11) is 2.03. The summed E-state index contributed by atoms with van der Waals surface area (Å²) in [6.07, 6.45) is 2.03. The fourth-order valence-electron chi connectivity index (χ4n) is 3.03. The second kappa shape index (κ2) is 4.92. The van der Waals surface area contributed by atoms with Crippen LogP contribution in [0.25, 0.3) is 33.3 Å². The third-order valence-corrected chi connectivity index (χ3v) is 4.14. The molecule has 0 aliphatic rings. The molecular weight excluding hydrogens is 286 g/mol. The van der Waals surface area contributed by atoms with Gasteiger partial charge in [-0.05, 0) is 36.8 Å². The summed E-state index contributed by atoms with van der Waals surface area (Å²) in [5, 5.41) is 11.0. The van der Waals surface area contributed by atoms with Crippen molar-refractivity contribution in [3.8, 4) is 17.3 Å². The van der Waals surface area contributed by atoms with E-state index in [0.29, 0.717) is 11.4 Å². The van der Waals surface area contributed by atoms with Crippen LogP contribution in [0.2, 0.25) is 0 Å². The van der Waals surface area contributed by atoms with Crippen molar-refractivity contribution in [3.63, 3.8) is 0 Å². The molecule has 4 aromatic rings. The summed E-state index contributed by atoms with van der Waals surface area (Å²) in [5.74, 6) is 0. The summed E-state index contributed by atoms with van der Waals surface area (Å²) in [6.45, 7) is 2.09. The van der Waals surface area contributed by atoms with Crippen LogP contribution in [-0.4, -0.2) is 4.98 Å². The first-order valence-corrected chi connectivity index (χ1v) is 7.37. The smallest absolute Gasteiger partial charge is 0.228 e. The Labute approximate surface area is 133 Å². The lowest BCUT2D eigenvalue weighted by molar-refractivity contribution is -0.660. The molecule has 0 saturated carbocycles. The Kier molecular flexibility index (Phi) is 2.88. The van der Waals surface area contributed by atoms with E-state index in [2.05, 4.69) is 34.7 Å². The maximum absolute atomic E-state index is 9.03. The van der Waals surface area contributed by atoms with Crippen molar-refractivity contribution in [2.75, 3.05) is 0 Å². The second-order valence-corrected chi connectivity index (χ2v) is 5.59. The molecule has 0 unspecified atom stereocenters. The predicted molar refractivity (Wildman–Crippen MR) is 87.6 cm³/mol. The van der Waals surface area contributed by atoms with Gasteiger partial charge < -0.3 is 4.42 Å². The molecule has 4 nitrogen and oxygen atoms in total. The number of benzene rings is 1. The average Bonchev–Trinajstić information content (AvgIpc) is 2.93. The number of hydrogen-bond donors (Lipinski definition) is 0. The molecule has 4 rings (SSSR count). The van der Waals surface area contributed by atoms with E-state index in [9.17, 15) is 0 Å². The minimum atomic E-state index is 0.361. The molecule has 0 spiro atoms. The zero-order valence-electron chi connectivity index (χ0n) is 12.9. The van der Waals surface area contributed by atoms with E-state index in [1.165, 1.54) is 5.56 Å². The van der Waals surface area contributed by atoms with Crippen LogP contribution in [0.5, 0.6) is 0 Å². The van der Waals surface area contributed by atoms with Gasteiger partial charge in [0, 0.05) is 22.9 Å². The first kappa shape index (κ1) is 13.5. The SMILES string of the molecule is Cc1ccc2oc3nc(C#N)ccc3c2c1-c1cccc[n+]1C. The highest BCUT2D eigenvalue weighted by atomic mass is 16.3. The van der Waals surface area contributed by atoms with Gasteiger partial charge in [-0.2, -0.15) is 5.26 Å². The van der Waals surface area contributed by atoms with Gasteiger partial charge in [-0.15, -0.1) is 0 Å². The Morgan fingerprint density at radius 2 is 2.00 bits per heavy atom. The van der Waals surface area contributed by atoms with Gasteiger partial charge in [-0.3, -0.25) is 0 Å². The highest BCUT2D eigenvalue weighted by Gasteiger charge is 2.20. The topological polar surface area (TPSA) is 53.7 Å². The summed E-state index contributed by atoms with van der Waals surface area (Å²) in [5.41, 5.74) is 5.07. The van der Waals surface area contributed by atoms with E-state index < -0.39 is 0 Å². The quantitative estimate of drug-likeness (QED) is 0.504. The number of nitrogens with zero attached hydrogens (tertiary/aromatic N) is 3. The fraction of sp³-hybridized carbons (Fsp3) is 0.105. The monoisotopic (exact) mass is 300 g/mol. The van der Waals surface area contributed by atoms with Crippen molar-refractivity contribution in [2.45, 2.75) is 6.92 Å². The van der Waals surface area contributed by atoms with Crippen LogP contribution in [0, 0.1) is 18.3 Å². The molecular formula is C19H14N3O+. The lowest BCUT2D eigenvalue weighted by Gasteiger charge is -2.05. The molecule has 0 saturated heterocycles. The molecule has 0 amide bonds. The first-order chi connectivity index (χ1) is 11.2. The van der Waals surface area contributed by atoms with E-state index in [4.69, 9.17) is 9.68 Å². The van der Waals surface area contributed by atoms with Gasteiger partial charge in [0.15, 0.2) is 6.20 Å². The molecule has 0 aliphatic carbocycles. The van der Waals surface area contributed by atoms with E-state index in [1.54, 1.807) is 6.07 Å². The van der Waals surface area contributed by atoms with Crippen molar-refractivity contribution in [2.24, 2.45) is 7.05 Å². The third-order valence-electron chi connectivity index (χ3n) is 4.14. The molecule has 23 heavy (non-hydrogen) atoms. The first-order valence-electron chi connectivity index (χ1n) is 7.37. The van der Waals surface area contributed by atoms with Crippen molar-refractivity contribution >= 4 is 22.1 Å². The van der Waals surface area contributed by atoms with Gasteiger partial charge in [-0.1, -0.05) is 6.07 Å². The molecule has 0 fully saturated rings. The van der Waals surface area contributed by atoms with E-state index in [0.717, 1.165) is 27.6 Å². The Hall–Kier alpha value is -3.19. The fourth-order valence-corrected chi connectivity index (χ4v) is 3.03. The maximum Gasteiger partial charge on any atom is 0.228 e. The standard InChI is InChI=1S/C19H14N3O/c1-12-6-9-16-18(17(12)15-5-3-4-10-22(15)2)14-8-7-13(11-20)21-19(14)23-16/h3-10H,1-2H3/q+1. The van der Waals surface area contributed by atoms with Crippen LogP contribution < -0.4 is 4.57 Å². The maximum atomic E-state index is 9.03. The Bertz CT molecular complexity index is 1100. The summed E-state index contributed by atoms with van der Waals surface area (Å²) >= 11 is 0. The normalized spacial score (nSPS) is 11.0. The highest BCUT2D eigenvalue weighted by Crippen LogP contribution is 2.36. The molecule has 110 valence electrons. The lowest BCUT2D eigenvalue weighted by atomic mass is 9.98. The molecule has 4 heteroatoms. The van der Waals surface area contributed by atoms with Crippen LogP contribution in [-0.2, 0) is 7.05 Å². The van der Waals surface area contributed by atoms with Crippen LogP contribution in [0.1, 0.15) is 11.3 Å². The number of aryl methyl sites for hydroxylation is 2. The Morgan fingerprint density at radius 3 is 2.78 bits per heavy atom.